The van der Waals surface area contributed by atoms with Crippen molar-refractivity contribution in [1.82, 2.24) is 24.6 Å². The Morgan fingerprint density at radius 3 is 2.72 bits per heavy atom. The molecule has 0 N–H and O–H groups in total. The van der Waals surface area contributed by atoms with Crippen LogP contribution in [-0.4, -0.2) is 63.8 Å². The summed E-state index contributed by atoms with van der Waals surface area (Å²) in [4.78, 5) is 20.7. The lowest BCUT2D eigenvalue weighted by Crippen LogP contribution is -2.35. The van der Waals surface area contributed by atoms with Crippen LogP contribution < -0.4 is 4.74 Å². The Morgan fingerprint density at radius 2 is 2.00 bits per heavy atom. The average molecular weight is 343 g/mol. The first-order valence-corrected chi connectivity index (χ1v) is 8.70. The van der Waals surface area contributed by atoms with E-state index in [1.54, 1.807) is 18.1 Å². The summed E-state index contributed by atoms with van der Waals surface area (Å²) < 4.78 is 6.90. The van der Waals surface area contributed by atoms with Gasteiger partial charge in [0, 0.05) is 39.1 Å². The summed E-state index contributed by atoms with van der Waals surface area (Å²) >= 11 is 0. The molecule has 2 heterocycles. The van der Waals surface area contributed by atoms with E-state index >= 15 is 0 Å². The van der Waals surface area contributed by atoms with Gasteiger partial charge in [-0.2, -0.15) is 5.10 Å². The van der Waals surface area contributed by atoms with Crippen molar-refractivity contribution < 1.29 is 9.53 Å². The molecule has 1 amide bonds. The van der Waals surface area contributed by atoms with Crippen LogP contribution in [0.25, 0.3) is 0 Å². The van der Waals surface area contributed by atoms with Crippen molar-refractivity contribution in [1.29, 1.82) is 0 Å². The molecule has 0 bridgehead atoms. The van der Waals surface area contributed by atoms with Crippen LogP contribution in [0.1, 0.15) is 18.4 Å². The summed E-state index contributed by atoms with van der Waals surface area (Å²) in [5.74, 6) is 1.07. The first kappa shape index (κ1) is 17.4. The molecule has 7 nitrogen and oxygen atoms in total. The third-order valence-corrected chi connectivity index (χ3v) is 4.53. The van der Waals surface area contributed by atoms with Gasteiger partial charge in [-0.3, -0.25) is 14.4 Å². The Kier molecular flexibility index (Phi) is 6.00. The molecule has 0 spiro atoms. The van der Waals surface area contributed by atoms with Gasteiger partial charge in [-0.1, -0.05) is 12.1 Å². The van der Waals surface area contributed by atoms with Crippen LogP contribution >= 0.6 is 0 Å². The Bertz CT molecular complexity index is 657. The molecule has 0 unspecified atom stereocenters. The van der Waals surface area contributed by atoms with Crippen LogP contribution in [0.5, 0.6) is 5.75 Å². The number of methoxy groups -OCH3 is 1. The van der Waals surface area contributed by atoms with Crippen molar-refractivity contribution in [2.45, 2.75) is 25.9 Å². The zero-order valence-corrected chi connectivity index (χ0v) is 14.7. The molecular formula is C18H25N5O2. The monoisotopic (exact) mass is 343 g/mol. The number of hydrogen-bond acceptors (Lipinski definition) is 5. The molecule has 0 radical (unpaired) electrons. The van der Waals surface area contributed by atoms with Crippen LogP contribution in [0.3, 0.4) is 0 Å². The predicted octanol–water partition coefficient (Wildman–Crippen LogP) is 1.41. The van der Waals surface area contributed by atoms with Crippen LogP contribution in [0, 0.1) is 0 Å². The number of carbonyl (C=O) groups is 1. The van der Waals surface area contributed by atoms with Crippen LogP contribution in [0.4, 0.5) is 0 Å². The summed E-state index contributed by atoms with van der Waals surface area (Å²) in [5.41, 5.74) is 1.27. The van der Waals surface area contributed by atoms with Crippen LogP contribution in [-0.2, 0) is 17.9 Å². The summed E-state index contributed by atoms with van der Waals surface area (Å²) in [6.45, 7) is 5.03. The quantitative estimate of drug-likeness (QED) is 0.794. The number of aromatic nitrogens is 3. The van der Waals surface area contributed by atoms with Crippen molar-refractivity contribution >= 4 is 5.91 Å². The summed E-state index contributed by atoms with van der Waals surface area (Å²) in [6.07, 6.45) is 4.62. The first-order chi connectivity index (χ1) is 12.2. The van der Waals surface area contributed by atoms with Crippen molar-refractivity contribution in [3.63, 3.8) is 0 Å². The van der Waals surface area contributed by atoms with Gasteiger partial charge < -0.3 is 9.64 Å². The molecule has 1 saturated heterocycles. The van der Waals surface area contributed by atoms with E-state index in [0.717, 1.165) is 44.9 Å². The fourth-order valence-electron chi connectivity index (χ4n) is 3.08. The normalized spacial score (nSPS) is 15.8. The number of benzene rings is 1. The summed E-state index contributed by atoms with van der Waals surface area (Å²) in [6, 6.07) is 8.19. The number of ether oxygens (including phenoxy) is 1. The number of hydrogen-bond donors (Lipinski definition) is 0. The zero-order valence-electron chi connectivity index (χ0n) is 14.7. The van der Waals surface area contributed by atoms with E-state index in [1.165, 1.54) is 11.9 Å². The van der Waals surface area contributed by atoms with Gasteiger partial charge in [-0.15, -0.1) is 0 Å². The van der Waals surface area contributed by atoms with Gasteiger partial charge in [-0.25, -0.2) is 4.98 Å². The molecule has 134 valence electrons. The molecule has 3 rings (SSSR count). The van der Waals surface area contributed by atoms with Crippen molar-refractivity contribution in [3.8, 4) is 5.75 Å². The average Bonchev–Trinajstić information content (AvgIpc) is 3.06. The second-order valence-corrected chi connectivity index (χ2v) is 6.27. The predicted molar refractivity (Wildman–Crippen MR) is 94.1 cm³/mol. The second kappa shape index (κ2) is 8.62. The highest BCUT2D eigenvalue weighted by atomic mass is 16.5. The van der Waals surface area contributed by atoms with Gasteiger partial charge in [0.1, 0.15) is 18.4 Å². The zero-order chi connectivity index (χ0) is 17.5. The highest BCUT2D eigenvalue weighted by molar-refractivity contribution is 5.76. The fraction of sp³-hybridized carbons (Fsp3) is 0.500. The minimum atomic E-state index is 0.196. The maximum atomic E-state index is 12.4. The number of rotatable bonds is 6. The molecule has 1 fully saturated rings. The van der Waals surface area contributed by atoms with E-state index in [2.05, 4.69) is 27.1 Å². The Labute approximate surface area is 148 Å². The third-order valence-electron chi connectivity index (χ3n) is 4.53. The van der Waals surface area contributed by atoms with Crippen LogP contribution in [0.15, 0.2) is 36.9 Å². The van der Waals surface area contributed by atoms with E-state index in [4.69, 9.17) is 4.74 Å². The topological polar surface area (TPSA) is 63.5 Å². The number of carbonyl (C=O) groups excluding carboxylic acids is 1. The fourth-order valence-corrected chi connectivity index (χ4v) is 3.08. The highest BCUT2D eigenvalue weighted by Gasteiger charge is 2.19. The van der Waals surface area contributed by atoms with Gasteiger partial charge in [0.05, 0.1) is 13.7 Å². The van der Waals surface area contributed by atoms with Crippen molar-refractivity contribution in [3.05, 3.63) is 42.5 Å². The number of amides is 1. The smallest absolute Gasteiger partial charge is 0.224 e. The minimum Gasteiger partial charge on any atom is -0.497 e. The third kappa shape index (κ3) is 5.03. The molecule has 25 heavy (non-hydrogen) atoms. The first-order valence-electron chi connectivity index (χ1n) is 8.70. The number of nitrogens with zero attached hydrogens (tertiary/aromatic N) is 5. The van der Waals surface area contributed by atoms with E-state index in [0.29, 0.717) is 13.0 Å². The molecule has 7 heteroatoms. The molecule has 0 aliphatic carbocycles. The van der Waals surface area contributed by atoms with Crippen LogP contribution in [0.2, 0.25) is 0 Å². The van der Waals surface area contributed by atoms with Gasteiger partial charge >= 0.3 is 0 Å². The summed E-state index contributed by atoms with van der Waals surface area (Å²) in [5, 5.41) is 4.04. The molecule has 2 aromatic rings. The van der Waals surface area contributed by atoms with Crippen molar-refractivity contribution in [2.75, 3.05) is 33.3 Å². The van der Waals surface area contributed by atoms with Gasteiger partial charge in [-0.05, 0) is 24.1 Å². The van der Waals surface area contributed by atoms with Gasteiger partial charge in [0.2, 0.25) is 5.91 Å². The Morgan fingerprint density at radius 1 is 1.16 bits per heavy atom. The lowest BCUT2D eigenvalue weighted by Gasteiger charge is -2.22. The van der Waals surface area contributed by atoms with E-state index in [-0.39, 0.29) is 5.91 Å². The highest BCUT2D eigenvalue weighted by Crippen LogP contribution is 2.14. The molecule has 0 saturated carbocycles. The summed E-state index contributed by atoms with van der Waals surface area (Å²) in [7, 11) is 1.68. The van der Waals surface area contributed by atoms with Gasteiger partial charge in [0.15, 0.2) is 0 Å². The van der Waals surface area contributed by atoms with E-state index in [9.17, 15) is 4.79 Å². The largest absolute Gasteiger partial charge is 0.497 e. The molecule has 0 atom stereocenters. The molecule has 1 aliphatic heterocycles. The molecule has 1 aromatic carbocycles. The molecule has 1 aliphatic rings. The molecular weight excluding hydrogens is 318 g/mol. The van der Waals surface area contributed by atoms with Gasteiger partial charge in [0.25, 0.3) is 0 Å². The maximum absolute atomic E-state index is 12.4. The van der Waals surface area contributed by atoms with E-state index in [1.807, 2.05) is 17.0 Å². The SMILES string of the molecule is COc1ccc(CN2CCCN(C(=O)CCn3cncn3)CC2)cc1. The Balaban J connectivity index is 1.46. The molecule has 1 aromatic heterocycles. The lowest BCUT2D eigenvalue weighted by atomic mass is 10.2. The standard InChI is InChI=1S/C18H25N5O2/c1-25-17-5-3-16(4-6-17)13-21-8-2-9-22(12-11-21)18(24)7-10-23-15-19-14-20-23/h3-6,14-15H,2,7-13H2,1H3. The Hall–Kier alpha value is -2.41. The second-order valence-electron chi connectivity index (χ2n) is 6.27. The number of aryl methyl sites for hydroxylation is 1. The maximum Gasteiger partial charge on any atom is 0.224 e. The van der Waals surface area contributed by atoms with Crippen molar-refractivity contribution in [2.24, 2.45) is 0 Å². The minimum absolute atomic E-state index is 0.196. The van der Waals surface area contributed by atoms with E-state index < -0.39 is 0 Å². The lowest BCUT2D eigenvalue weighted by molar-refractivity contribution is -0.131.